The molecule has 0 bridgehead atoms. The maximum absolute atomic E-state index is 11.4. The summed E-state index contributed by atoms with van der Waals surface area (Å²) in [5.41, 5.74) is 7.76. The monoisotopic (exact) mass is 234 g/mol. The largest absolute Gasteiger partial charge is 0.368 e. The number of amides is 1. The molecule has 1 aromatic rings. The number of piperazine rings is 1. The van der Waals surface area contributed by atoms with E-state index in [0.29, 0.717) is 6.54 Å². The first-order valence-electron chi connectivity index (χ1n) is 5.82. The third-order valence-electron chi connectivity index (χ3n) is 3.20. The van der Waals surface area contributed by atoms with Crippen molar-refractivity contribution >= 4 is 5.91 Å². The number of nitrogens with one attached hydrogen (secondary N) is 1. The van der Waals surface area contributed by atoms with Gasteiger partial charge in [0, 0.05) is 38.6 Å². The molecule has 0 radical (unpaired) electrons. The van der Waals surface area contributed by atoms with E-state index in [-0.39, 0.29) is 11.9 Å². The van der Waals surface area contributed by atoms with Gasteiger partial charge < -0.3 is 11.1 Å². The number of aryl methyl sites for hydroxylation is 1. The minimum Gasteiger partial charge on any atom is -0.368 e. The Morgan fingerprint density at radius 2 is 2.53 bits per heavy atom. The second-order valence-corrected chi connectivity index (χ2v) is 4.39. The van der Waals surface area contributed by atoms with Crippen LogP contribution in [0.5, 0.6) is 0 Å². The summed E-state index contributed by atoms with van der Waals surface area (Å²) in [5, 5.41) is 3.19. The van der Waals surface area contributed by atoms with Gasteiger partial charge in [-0.2, -0.15) is 0 Å². The fraction of sp³-hybridized carbons (Fsp3) is 0.500. The van der Waals surface area contributed by atoms with Crippen LogP contribution in [-0.2, 0) is 11.3 Å². The molecule has 0 spiro atoms. The van der Waals surface area contributed by atoms with E-state index < -0.39 is 0 Å². The Kier molecular flexibility index (Phi) is 3.71. The van der Waals surface area contributed by atoms with E-state index in [1.807, 2.05) is 12.3 Å². The van der Waals surface area contributed by atoms with Crippen molar-refractivity contribution < 1.29 is 4.79 Å². The summed E-state index contributed by atoms with van der Waals surface area (Å²) in [5.74, 6) is -0.265. The van der Waals surface area contributed by atoms with Crippen molar-refractivity contribution in [3.8, 4) is 0 Å². The summed E-state index contributed by atoms with van der Waals surface area (Å²) >= 11 is 0. The van der Waals surface area contributed by atoms with Crippen LogP contribution in [0.25, 0.3) is 0 Å². The molecule has 1 atom stereocenters. The Balaban J connectivity index is 2.11. The van der Waals surface area contributed by atoms with Crippen molar-refractivity contribution in [3.05, 3.63) is 29.6 Å². The van der Waals surface area contributed by atoms with E-state index >= 15 is 0 Å². The number of hydrogen-bond donors (Lipinski definition) is 2. The fourth-order valence-corrected chi connectivity index (χ4v) is 2.10. The summed E-state index contributed by atoms with van der Waals surface area (Å²) in [6.07, 6.45) is 3.64. The number of nitrogens with zero attached hydrogens (tertiary/aromatic N) is 2. The molecule has 0 aliphatic carbocycles. The van der Waals surface area contributed by atoms with Crippen LogP contribution in [-0.4, -0.2) is 41.5 Å². The lowest BCUT2D eigenvalue weighted by atomic mass is 10.1. The Hall–Kier alpha value is -1.46. The lowest BCUT2D eigenvalue weighted by Crippen LogP contribution is -2.56. The van der Waals surface area contributed by atoms with Crippen LogP contribution in [0.3, 0.4) is 0 Å². The fourth-order valence-electron chi connectivity index (χ4n) is 2.10. The zero-order chi connectivity index (χ0) is 12.3. The highest BCUT2D eigenvalue weighted by atomic mass is 16.1. The molecule has 92 valence electrons. The molecule has 0 aromatic carbocycles. The van der Waals surface area contributed by atoms with Gasteiger partial charge in [0.1, 0.15) is 6.04 Å². The quantitative estimate of drug-likeness (QED) is 0.750. The van der Waals surface area contributed by atoms with Gasteiger partial charge in [-0.3, -0.25) is 14.7 Å². The van der Waals surface area contributed by atoms with Crippen LogP contribution in [0.2, 0.25) is 0 Å². The van der Waals surface area contributed by atoms with Crippen molar-refractivity contribution in [2.24, 2.45) is 5.73 Å². The van der Waals surface area contributed by atoms with Crippen molar-refractivity contribution in [1.29, 1.82) is 0 Å². The van der Waals surface area contributed by atoms with Gasteiger partial charge in [-0.05, 0) is 24.1 Å². The van der Waals surface area contributed by atoms with E-state index in [1.54, 1.807) is 6.20 Å². The predicted molar refractivity (Wildman–Crippen MR) is 65.2 cm³/mol. The summed E-state index contributed by atoms with van der Waals surface area (Å²) < 4.78 is 0. The van der Waals surface area contributed by atoms with Gasteiger partial charge in [0.25, 0.3) is 0 Å². The Morgan fingerprint density at radius 1 is 1.71 bits per heavy atom. The minimum absolute atomic E-state index is 0.219. The molecule has 1 amide bonds. The topological polar surface area (TPSA) is 71.2 Å². The molecule has 1 saturated heterocycles. The molecule has 1 aliphatic heterocycles. The van der Waals surface area contributed by atoms with Crippen LogP contribution in [0.15, 0.2) is 18.5 Å². The molecule has 3 N–H and O–H groups in total. The number of primary amides is 1. The SMILES string of the molecule is Cc1ccncc1CN1CCNCC1C(N)=O. The van der Waals surface area contributed by atoms with E-state index in [1.165, 1.54) is 5.56 Å². The van der Waals surface area contributed by atoms with Gasteiger partial charge in [-0.1, -0.05) is 0 Å². The number of nitrogens with two attached hydrogens (primary N) is 1. The minimum atomic E-state index is -0.265. The molecule has 1 aromatic heterocycles. The zero-order valence-corrected chi connectivity index (χ0v) is 10.0. The van der Waals surface area contributed by atoms with E-state index in [0.717, 1.165) is 25.2 Å². The summed E-state index contributed by atoms with van der Waals surface area (Å²) in [7, 11) is 0. The first-order valence-corrected chi connectivity index (χ1v) is 5.82. The summed E-state index contributed by atoms with van der Waals surface area (Å²) in [6, 6.07) is 1.76. The molecule has 1 fully saturated rings. The maximum atomic E-state index is 11.4. The van der Waals surface area contributed by atoms with Gasteiger partial charge >= 0.3 is 0 Å². The molecule has 2 rings (SSSR count). The Morgan fingerprint density at radius 3 is 3.24 bits per heavy atom. The number of carbonyl (C=O) groups excluding carboxylic acids is 1. The third-order valence-corrected chi connectivity index (χ3v) is 3.20. The Labute approximate surface area is 101 Å². The van der Waals surface area contributed by atoms with Crippen molar-refractivity contribution in [1.82, 2.24) is 15.2 Å². The number of aromatic nitrogens is 1. The molecular formula is C12H18N4O. The third kappa shape index (κ3) is 2.81. The normalized spacial score (nSPS) is 21.4. The van der Waals surface area contributed by atoms with Crippen LogP contribution in [0, 0.1) is 6.92 Å². The van der Waals surface area contributed by atoms with Crippen LogP contribution >= 0.6 is 0 Å². The molecule has 1 aliphatic rings. The number of hydrogen-bond acceptors (Lipinski definition) is 4. The van der Waals surface area contributed by atoms with Crippen LogP contribution in [0.4, 0.5) is 0 Å². The Bertz CT molecular complexity index is 407. The first kappa shape index (κ1) is 12.0. The smallest absolute Gasteiger partial charge is 0.236 e. The average Bonchev–Trinajstić information content (AvgIpc) is 2.32. The molecule has 2 heterocycles. The van der Waals surface area contributed by atoms with Gasteiger partial charge in [0.15, 0.2) is 0 Å². The lowest BCUT2D eigenvalue weighted by molar-refractivity contribution is -0.124. The van der Waals surface area contributed by atoms with Crippen LogP contribution in [0.1, 0.15) is 11.1 Å². The standard InChI is InChI=1S/C12H18N4O/c1-9-2-3-14-6-10(9)8-16-5-4-15-7-11(16)12(13)17/h2-3,6,11,15H,4-5,7-8H2,1H3,(H2,13,17). The molecule has 1 unspecified atom stereocenters. The zero-order valence-electron chi connectivity index (χ0n) is 10.0. The van der Waals surface area contributed by atoms with Gasteiger partial charge in [-0.15, -0.1) is 0 Å². The highest BCUT2D eigenvalue weighted by Crippen LogP contribution is 2.12. The highest BCUT2D eigenvalue weighted by Gasteiger charge is 2.26. The average molecular weight is 234 g/mol. The van der Waals surface area contributed by atoms with Gasteiger partial charge in [-0.25, -0.2) is 0 Å². The van der Waals surface area contributed by atoms with Crippen molar-refractivity contribution in [2.45, 2.75) is 19.5 Å². The number of pyridine rings is 1. The highest BCUT2D eigenvalue weighted by molar-refractivity contribution is 5.80. The number of carbonyl (C=O) groups is 1. The van der Waals surface area contributed by atoms with Crippen LogP contribution < -0.4 is 11.1 Å². The maximum Gasteiger partial charge on any atom is 0.236 e. The van der Waals surface area contributed by atoms with E-state index in [9.17, 15) is 4.79 Å². The molecule has 0 saturated carbocycles. The molecular weight excluding hydrogens is 216 g/mol. The van der Waals surface area contributed by atoms with Gasteiger partial charge in [0.05, 0.1) is 0 Å². The second kappa shape index (κ2) is 5.25. The van der Waals surface area contributed by atoms with E-state index in [2.05, 4.69) is 22.1 Å². The number of rotatable bonds is 3. The predicted octanol–water partition coefficient (Wildman–Crippen LogP) is -0.351. The van der Waals surface area contributed by atoms with Gasteiger partial charge in [0.2, 0.25) is 5.91 Å². The summed E-state index contributed by atoms with van der Waals surface area (Å²) in [6.45, 7) is 5.15. The van der Waals surface area contributed by atoms with Crippen molar-refractivity contribution in [3.63, 3.8) is 0 Å². The van der Waals surface area contributed by atoms with E-state index in [4.69, 9.17) is 5.73 Å². The second-order valence-electron chi connectivity index (χ2n) is 4.39. The lowest BCUT2D eigenvalue weighted by Gasteiger charge is -2.34. The first-order chi connectivity index (χ1) is 8.18. The molecule has 5 nitrogen and oxygen atoms in total. The molecule has 17 heavy (non-hydrogen) atoms. The molecule has 5 heteroatoms. The van der Waals surface area contributed by atoms with Crippen molar-refractivity contribution in [2.75, 3.05) is 19.6 Å². The summed E-state index contributed by atoms with van der Waals surface area (Å²) in [4.78, 5) is 17.6.